The van der Waals surface area contributed by atoms with Crippen molar-refractivity contribution in [1.29, 1.82) is 0 Å². The predicted octanol–water partition coefficient (Wildman–Crippen LogP) is 4.13. The molecule has 5 heteroatoms. The molecule has 0 aliphatic heterocycles. The van der Waals surface area contributed by atoms with Gasteiger partial charge in [-0.25, -0.2) is 8.78 Å². The highest BCUT2D eigenvalue weighted by Crippen LogP contribution is 2.39. The number of benzene rings is 1. The molecule has 0 aromatic heterocycles. The first-order chi connectivity index (χ1) is 9.36. The summed E-state index contributed by atoms with van der Waals surface area (Å²) in [7, 11) is 0. The Bertz CT molecular complexity index is 458. The van der Waals surface area contributed by atoms with Gasteiger partial charge < -0.3 is 9.84 Å². The summed E-state index contributed by atoms with van der Waals surface area (Å²) in [6.07, 6.45) is -0.0362. The van der Waals surface area contributed by atoms with Crippen LogP contribution in [-0.2, 0) is 10.7 Å². The minimum Gasteiger partial charge on any atom is -0.493 e. The van der Waals surface area contributed by atoms with Crippen LogP contribution in [0.5, 0.6) is 5.75 Å². The van der Waals surface area contributed by atoms with Crippen LogP contribution in [-0.4, -0.2) is 17.7 Å². The molecule has 0 aliphatic rings. The second-order valence-corrected chi connectivity index (χ2v) is 4.74. The van der Waals surface area contributed by atoms with Gasteiger partial charge in [-0.3, -0.25) is 4.79 Å². The molecule has 3 nitrogen and oxygen atoms in total. The third kappa shape index (κ3) is 4.79. The van der Waals surface area contributed by atoms with Crippen molar-refractivity contribution in [1.82, 2.24) is 0 Å². The summed E-state index contributed by atoms with van der Waals surface area (Å²) in [4.78, 5) is 10.4. The fraction of sp³-hybridized carbons (Fsp3) is 0.533. The first-order valence-electron chi connectivity index (χ1n) is 6.70. The molecular weight excluding hydrogens is 266 g/mol. The van der Waals surface area contributed by atoms with Crippen LogP contribution in [0.4, 0.5) is 8.78 Å². The molecule has 0 aliphatic carbocycles. The van der Waals surface area contributed by atoms with E-state index in [0.717, 1.165) is 5.56 Å². The number of aryl methyl sites for hydroxylation is 1. The van der Waals surface area contributed by atoms with Crippen molar-refractivity contribution in [2.45, 2.75) is 45.5 Å². The molecular formula is C15H20F2O3. The number of carbonyl (C=O) groups is 1. The fourth-order valence-corrected chi connectivity index (χ4v) is 1.97. The summed E-state index contributed by atoms with van der Waals surface area (Å²) in [5.74, 6) is -3.77. The number of hydrogen-bond donors (Lipinski definition) is 1. The van der Waals surface area contributed by atoms with E-state index in [4.69, 9.17) is 9.84 Å². The second kappa shape index (κ2) is 7.22. The first kappa shape index (κ1) is 16.4. The molecule has 0 atom stereocenters. The molecule has 1 rings (SSSR count). The van der Waals surface area contributed by atoms with Gasteiger partial charge in [-0.05, 0) is 38.8 Å². The van der Waals surface area contributed by atoms with Crippen molar-refractivity contribution in [2.24, 2.45) is 0 Å². The van der Waals surface area contributed by atoms with E-state index < -0.39 is 11.9 Å². The van der Waals surface area contributed by atoms with Gasteiger partial charge in [-0.1, -0.05) is 11.6 Å². The Labute approximate surface area is 117 Å². The molecule has 0 bridgehead atoms. The van der Waals surface area contributed by atoms with E-state index in [2.05, 4.69) is 0 Å². The summed E-state index contributed by atoms with van der Waals surface area (Å²) in [6, 6.07) is 4.72. The van der Waals surface area contributed by atoms with Gasteiger partial charge in [-0.2, -0.15) is 0 Å². The highest BCUT2D eigenvalue weighted by atomic mass is 19.3. The Morgan fingerprint density at radius 3 is 2.65 bits per heavy atom. The number of ether oxygens (including phenoxy) is 1. The lowest BCUT2D eigenvalue weighted by atomic mass is 9.99. The molecule has 0 spiro atoms. The normalized spacial score (nSPS) is 11.4. The van der Waals surface area contributed by atoms with Crippen LogP contribution in [0.1, 0.15) is 43.7 Å². The molecule has 1 aromatic carbocycles. The molecule has 0 saturated carbocycles. The van der Waals surface area contributed by atoms with Gasteiger partial charge in [0.1, 0.15) is 5.75 Å². The highest BCUT2D eigenvalue weighted by Gasteiger charge is 2.34. The topological polar surface area (TPSA) is 46.5 Å². The quantitative estimate of drug-likeness (QED) is 0.731. The highest BCUT2D eigenvalue weighted by molar-refractivity contribution is 5.66. The van der Waals surface area contributed by atoms with E-state index in [-0.39, 0.29) is 37.0 Å². The fourth-order valence-electron chi connectivity index (χ4n) is 1.97. The number of hydrogen-bond acceptors (Lipinski definition) is 2. The van der Waals surface area contributed by atoms with E-state index in [0.29, 0.717) is 6.61 Å². The van der Waals surface area contributed by atoms with Crippen LogP contribution in [0.2, 0.25) is 0 Å². The van der Waals surface area contributed by atoms with Gasteiger partial charge in [0, 0.05) is 12.8 Å². The summed E-state index contributed by atoms with van der Waals surface area (Å²) < 4.78 is 33.7. The molecule has 0 radical (unpaired) electrons. The number of unbranched alkanes of at least 4 members (excludes halogenated alkanes) is 1. The Balaban J connectivity index is 2.79. The Kier molecular flexibility index (Phi) is 5.92. The van der Waals surface area contributed by atoms with Gasteiger partial charge in [0.05, 0.1) is 12.2 Å². The largest absolute Gasteiger partial charge is 0.493 e. The SMILES string of the molecule is CCOc1ccc(C)cc1C(F)(F)CCCCC(=O)O. The average Bonchev–Trinajstić information content (AvgIpc) is 2.37. The van der Waals surface area contributed by atoms with E-state index in [1.165, 1.54) is 6.07 Å². The molecule has 20 heavy (non-hydrogen) atoms. The zero-order valence-corrected chi connectivity index (χ0v) is 11.8. The maximum Gasteiger partial charge on any atom is 0.303 e. The van der Waals surface area contributed by atoms with E-state index in [1.54, 1.807) is 26.0 Å². The van der Waals surface area contributed by atoms with Crippen molar-refractivity contribution in [3.63, 3.8) is 0 Å². The van der Waals surface area contributed by atoms with Gasteiger partial charge in [0.15, 0.2) is 0 Å². The van der Waals surface area contributed by atoms with Crippen LogP contribution in [0.25, 0.3) is 0 Å². The number of aliphatic carboxylic acids is 1. The van der Waals surface area contributed by atoms with Crippen molar-refractivity contribution in [3.05, 3.63) is 29.3 Å². The first-order valence-corrected chi connectivity index (χ1v) is 6.70. The summed E-state index contributed by atoms with van der Waals surface area (Å²) in [5, 5.41) is 8.50. The summed E-state index contributed by atoms with van der Waals surface area (Å²) >= 11 is 0. The molecule has 0 unspecified atom stereocenters. The van der Waals surface area contributed by atoms with Gasteiger partial charge in [0.2, 0.25) is 0 Å². The number of rotatable bonds is 8. The molecule has 0 amide bonds. The van der Waals surface area contributed by atoms with Crippen LogP contribution in [0.3, 0.4) is 0 Å². The number of carboxylic acids is 1. The third-order valence-corrected chi connectivity index (χ3v) is 2.96. The Morgan fingerprint density at radius 2 is 2.05 bits per heavy atom. The molecule has 1 N–H and O–H groups in total. The van der Waals surface area contributed by atoms with Gasteiger partial charge >= 0.3 is 5.97 Å². The Morgan fingerprint density at radius 1 is 1.35 bits per heavy atom. The smallest absolute Gasteiger partial charge is 0.303 e. The zero-order chi connectivity index (χ0) is 15.2. The lowest BCUT2D eigenvalue weighted by Gasteiger charge is -2.20. The van der Waals surface area contributed by atoms with Gasteiger partial charge in [-0.15, -0.1) is 0 Å². The van der Waals surface area contributed by atoms with Crippen LogP contribution in [0, 0.1) is 6.92 Å². The summed E-state index contributed by atoms with van der Waals surface area (Å²) in [6.45, 7) is 3.82. The van der Waals surface area contributed by atoms with Crippen LogP contribution in [0.15, 0.2) is 18.2 Å². The second-order valence-electron chi connectivity index (χ2n) is 4.74. The van der Waals surface area contributed by atoms with Crippen molar-refractivity contribution in [3.8, 4) is 5.75 Å². The molecule has 112 valence electrons. The van der Waals surface area contributed by atoms with E-state index in [1.807, 2.05) is 0 Å². The van der Waals surface area contributed by atoms with Gasteiger partial charge in [0.25, 0.3) is 5.92 Å². The van der Waals surface area contributed by atoms with E-state index >= 15 is 0 Å². The third-order valence-electron chi connectivity index (χ3n) is 2.96. The summed E-state index contributed by atoms with van der Waals surface area (Å²) in [5.41, 5.74) is 0.628. The lowest BCUT2D eigenvalue weighted by Crippen LogP contribution is -2.15. The predicted molar refractivity (Wildman–Crippen MR) is 72.3 cm³/mol. The van der Waals surface area contributed by atoms with E-state index in [9.17, 15) is 13.6 Å². The minimum atomic E-state index is -3.00. The zero-order valence-electron chi connectivity index (χ0n) is 11.8. The molecule has 1 aromatic rings. The van der Waals surface area contributed by atoms with Crippen LogP contribution >= 0.6 is 0 Å². The minimum absolute atomic E-state index is 0.0811. The van der Waals surface area contributed by atoms with Crippen LogP contribution < -0.4 is 4.74 Å². The number of halogens is 2. The standard InChI is InChI=1S/C15H20F2O3/c1-3-20-13-8-7-11(2)10-12(13)15(16,17)9-5-4-6-14(18)19/h7-8,10H,3-6,9H2,1-2H3,(H,18,19). The maximum absolute atomic E-state index is 14.2. The molecule has 0 saturated heterocycles. The van der Waals surface area contributed by atoms with Crippen molar-refractivity contribution < 1.29 is 23.4 Å². The lowest BCUT2D eigenvalue weighted by molar-refractivity contribution is -0.137. The number of alkyl halides is 2. The average molecular weight is 286 g/mol. The van der Waals surface area contributed by atoms with Crippen molar-refractivity contribution >= 4 is 5.97 Å². The maximum atomic E-state index is 14.2. The monoisotopic (exact) mass is 286 g/mol. The van der Waals surface area contributed by atoms with Crippen molar-refractivity contribution in [2.75, 3.05) is 6.61 Å². The molecule has 0 heterocycles. The Hall–Kier alpha value is -1.65. The molecule has 0 fully saturated rings. The number of carboxylic acid groups (broad SMARTS) is 1.